The van der Waals surface area contributed by atoms with Gasteiger partial charge in [0.25, 0.3) is 0 Å². The molecule has 1 aliphatic rings. The summed E-state index contributed by atoms with van der Waals surface area (Å²) < 4.78 is 5.21. The molecule has 0 radical (unpaired) electrons. The summed E-state index contributed by atoms with van der Waals surface area (Å²) in [5.41, 5.74) is 8.43. The van der Waals surface area contributed by atoms with Gasteiger partial charge in [0.1, 0.15) is 6.04 Å². The van der Waals surface area contributed by atoms with Gasteiger partial charge in [0, 0.05) is 30.1 Å². The third-order valence-corrected chi connectivity index (χ3v) is 4.96. The van der Waals surface area contributed by atoms with Crippen molar-refractivity contribution in [1.29, 1.82) is 0 Å². The minimum atomic E-state index is -0.596. The molecule has 152 valence electrons. The lowest BCUT2D eigenvalue weighted by atomic mass is 9.74. The van der Waals surface area contributed by atoms with E-state index in [2.05, 4.69) is 15.6 Å². The van der Waals surface area contributed by atoms with Gasteiger partial charge in [-0.15, -0.1) is 0 Å². The van der Waals surface area contributed by atoms with Crippen molar-refractivity contribution in [2.75, 3.05) is 17.7 Å². The molecule has 1 aliphatic carbocycles. The van der Waals surface area contributed by atoms with E-state index in [4.69, 9.17) is 10.5 Å². The molecule has 0 saturated carbocycles. The third-order valence-electron chi connectivity index (χ3n) is 4.96. The number of nitrogen functional groups attached to an aromatic ring is 1. The molecular weight excluding hydrogens is 368 g/mol. The van der Waals surface area contributed by atoms with Crippen LogP contribution in [0.25, 0.3) is 0 Å². The van der Waals surface area contributed by atoms with Crippen LogP contribution in [-0.4, -0.2) is 29.4 Å². The van der Waals surface area contributed by atoms with Crippen LogP contribution in [0.1, 0.15) is 26.3 Å². The standard InChI is InChI=1S/C22H26N4O3/c1-4-29-21(28)17(26-18-13-19(27)22(18,2)3)12-14-7-9-15(10-8-14)25-20-16(23)6-5-11-24-20/h5-11,13,17,26H,4,12,23H2,1-3H3,(H,24,25)/t17-/m0/s1. The lowest BCUT2D eigenvalue weighted by Crippen LogP contribution is -2.48. The molecule has 7 nitrogen and oxygen atoms in total. The van der Waals surface area contributed by atoms with Crippen LogP contribution in [0.4, 0.5) is 17.2 Å². The molecule has 1 atom stereocenters. The van der Waals surface area contributed by atoms with Crippen molar-refractivity contribution in [1.82, 2.24) is 10.3 Å². The second-order valence-electron chi connectivity index (χ2n) is 7.46. The number of carbonyl (C=O) groups is 2. The monoisotopic (exact) mass is 394 g/mol. The summed E-state index contributed by atoms with van der Waals surface area (Å²) in [6.07, 6.45) is 3.65. The van der Waals surface area contributed by atoms with Gasteiger partial charge in [-0.3, -0.25) is 4.79 Å². The van der Waals surface area contributed by atoms with Gasteiger partial charge < -0.3 is 21.1 Å². The number of nitrogens with two attached hydrogens (primary N) is 1. The highest BCUT2D eigenvalue weighted by Crippen LogP contribution is 2.35. The highest BCUT2D eigenvalue weighted by Gasteiger charge is 2.41. The predicted molar refractivity (Wildman–Crippen MR) is 113 cm³/mol. The van der Waals surface area contributed by atoms with E-state index >= 15 is 0 Å². The lowest BCUT2D eigenvalue weighted by molar-refractivity contribution is -0.145. The van der Waals surface area contributed by atoms with E-state index in [0.717, 1.165) is 16.9 Å². The number of esters is 1. The van der Waals surface area contributed by atoms with Crippen LogP contribution in [0.15, 0.2) is 54.4 Å². The van der Waals surface area contributed by atoms with E-state index in [0.29, 0.717) is 24.5 Å². The van der Waals surface area contributed by atoms with Gasteiger partial charge in [-0.05, 0) is 50.6 Å². The first-order valence-corrected chi connectivity index (χ1v) is 9.57. The molecule has 0 aliphatic heterocycles. The first-order chi connectivity index (χ1) is 13.8. The number of allylic oxidation sites excluding steroid dienone is 2. The third kappa shape index (κ3) is 4.56. The van der Waals surface area contributed by atoms with Crippen LogP contribution >= 0.6 is 0 Å². The molecule has 4 N–H and O–H groups in total. The maximum absolute atomic E-state index is 12.4. The molecular formula is C22H26N4O3. The zero-order valence-electron chi connectivity index (χ0n) is 16.9. The van der Waals surface area contributed by atoms with Crippen molar-refractivity contribution < 1.29 is 14.3 Å². The fourth-order valence-corrected chi connectivity index (χ4v) is 3.01. The highest BCUT2D eigenvalue weighted by molar-refractivity contribution is 6.04. The van der Waals surface area contributed by atoms with Gasteiger partial charge in [-0.1, -0.05) is 12.1 Å². The van der Waals surface area contributed by atoms with Crippen molar-refractivity contribution in [2.24, 2.45) is 5.41 Å². The van der Waals surface area contributed by atoms with Gasteiger partial charge in [-0.25, -0.2) is 9.78 Å². The number of hydrogen-bond donors (Lipinski definition) is 3. The van der Waals surface area contributed by atoms with Crippen LogP contribution in [0.5, 0.6) is 0 Å². The van der Waals surface area contributed by atoms with Crippen molar-refractivity contribution in [3.8, 4) is 0 Å². The van der Waals surface area contributed by atoms with Gasteiger partial charge >= 0.3 is 5.97 Å². The van der Waals surface area contributed by atoms with E-state index in [1.807, 2.05) is 38.1 Å². The van der Waals surface area contributed by atoms with Crippen molar-refractivity contribution in [3.63, 3.8) is 0 Å². The van der Waals surface area contributed by atoms with E-state index in [-0.39, 0.29) is 11.8 Å². The van der Waals surface area contributed by atoms with E-state index in [1.54, 1.807) is 25.3 Å². The number of hydrogen-bond acceptors (Lipinski definition) is 7. The molecule has 0 unspecified atom stereocenters. The number of ketones is 1. The summed E-state index contributed by atoms with van der Waals surface area (Å²) in [6, 6.07) is 10.7. The van der Waals surface area contributed by atoms with Crippen LogP contribution in [-0.2, 0) is 20.7 Å². The van der Waals surface area contributed by atoms with Gasteiger partial charge in [0.2, 0.25) is 0 Å². The van der Waals surface area contributed by atoms with Gasteiger partial charge in [-0.2, -0.15) is 0 Å². The number of ether oxygens (including phenoxy) is 1. The van der Waals surface area contributed by atoms with E-state index in [9.17, 15) is 9.59 Å². The Morgan fingerprint density at radius 2 is 1.97 bits per heavy atom. The number of carbonyl (C=O) groups excluding carboxylic acids is 2. The molecule has 7 heteroatoms. The Balaban J connectivity index is 1.70. The fraction of sp³-hybridized carbons (Fsp3) is 0.318. The lowest BCUT2D eigenvalue weighted by Gasteiger charge is -2.36. The zero-order valence-corrected chi connectivity index (χ0v) is 16.9. The van der Waals surface area contributed by atoms with Crippen molar-refractivity contribution in [2.45, 2.75) is 33.2 Å². The Hall–Kier alpha value is -3.35. The van der Waals surface area contributed by atoms with Crippen LogP contribution in [0, 0.1) is 5.41 Å². The first kappa shape index (κ1) is 20.4. The number of nitrogens with one attached hydrogen (secondary N) is 2. The van der Waals surface area contributed by atoms with Crippen LogP contribution in [0.3, 0.4) is 0 Å². The highest BCUT2D eigenvalue weighted by atomic mass is 16.5. The zero-order chi connectivity index (χ0) is 21.0. The second kappa shape index (κ2) is 8.34. The molecule has 0 saturated heterocycles. The largest absolute Gasteiger partial charge is 0.464 e. The summed E-state index contributed by atoms with van der Waals surface area (Å²) in [4.78, 5) is 28.4. The van der Waals surface area contributed by atoms with Gasteiger partial charge in [0.05, 0.1) is 17.7 Å². The molecule has 29 heavy (non-hydrogen) atoms. The first-order valence-electron chi connectivity index (χ1n) is 9.57. The Morgan fingerprint density at radius 3 is 2.55 bits per heavy atom. The number of benzene rings is 1. The quantitative estimate of drug-likeness (QED) is 0.591. The van der Waals surface area contributed by atoms with E-state index in [1.165, 1.54) is 6.08 Å². The minimum Gasteiger partial charge on any atom is -0.464 e. The number of pyridine rings is 1. The molecule has 0 fully saturated rings. The SMILES string of the molecule is CCOC(=O)[C@H](Cc1ccc(Nc2ncccc2N)cc1)NC1=CC(=O)C1(C)C. The number of aromatic nitrogens is 1. The Bertz CT molecular complexity index is 935. The Morgan fingerprint density at radius 1 is 1.24 bits per heavy atom. The maximum atomic E-state index is 12.4. The van der Waals surface area contributed by atoms with Crippen LogP contribution < -0.4 is 16.4 Å². The summed E-state index contributed by atoms with van der Waals surface area (Å²) in [7, 11) is 0. The summed E-state index contributed by atoms with van der Waals surface area (Å²) >= 11 is 0. The Kier molecular flexibility index (Phi) is 5.87. The smallest absolute Gasteiger partial charge is 0.328 e. The van der Waals surface area contributed by atoms with Gasteiger partial charge in [0.15, 0.2) is 11.6 Å². The molecule has 3 rings (SSSR count). The normalized spacial score (nSPS) is 15.7. The number of anilines is 3. The average Bonchev–Trinajstić information content (AvgIpc) is 2.70. The average molecular weight is 394 g/mol. The number of rotatable bonds is 8. The fourth-order valence-electron chi connectivity index (χ4n) is 3.01. The van der Waals surface area contributed by atoms with Crippen LogP contribution in [0.2, 0.25) is 0 Å². The molecule has 1 aromatic carbocycles. The summed E-state index contributed by atoms with van der Waals surface area (Å²) in [5.74, 6) is 0.300. The summed E-state index contributed by atoms with van der Waals surface area (Å²) in [5, 5.41) is 6.36. The minimum absolute atomic E-state index is 0.0480. The topological polar surface area (TPSA) is 106 Å². The maximum Gasteiger partial charge on any atom is 0.328 e. The molecule has 2 aromatic rings. The van der Waals surface area contributed by atoms with Crippen molar-refractivity contribution in [3.05, 3.63) is 59.9 Å². The molecule has 0 spiro atoms. The second-order valence-corrected chi connectivity index (χ2v) is 7.46. The van der Waals surface area contributed by atoms with E-state index < -0.39 is 11.5 Å². The molecule has 1 heterocycles. The predicted octanol–water partition coefficient (Wildman–Crippen LogP) is 2.96. The van der Waals surface area contributed by atoms with Crippen molar-refractivity contribution >= 4 is 28.9 Å². The molecule has 1 aromatic heterocycles. The molecule has 0 amide bonds. The molecule has 0 bridgehead atoms. The Labute approximate surface area is 170 Å². The number of nitrogens with zero attached hydrogens (tertiary/aromatic N) is 1. The summed E-state index contributed by atoms with van der Waals surface area (Å²) in [6.45, 7) is 5.74.